The average molecular weight is 590 g/mol. The van der Waals surface area contributed by atoms with Crippen molar-refractivity contribution in [2.24, 2.45) is 0 Å². The van der Waals surface area contributed by atoms with Crippen molar-refractivity contribution in [2.75, 3.05) is 25.4 Å². The fourth-order valence-corrected chi connectivity index (χ4v) is 6.74. The Balaban J connectivity index is 1.30. The Morgan fingerprint density at radius 3 is 2.51 bits per heavy atom. The summed E-state index contributed by atoms with van der Waals surface area (Å²) in [5, 5.41) is 11.1. The number of H-pyrrole nitrogens is 1. The molecule has 43 heavy (non-hydrogen) atoms. The number of rotatable bonds is 4. The standard InChI is InChI=1S/C31H30F3N7O2/c1-2-25(42)39-14-12-22-27-23(41(38-22)19-8-6-18(7-9-19)17-4-3-5-17)13-15-40(24(27)16-39)30(43)20-10-11-21(31(32,33)34)28-26(20)29(35)37-36-28/h2,6-11,17,24H,1,3-5,12-16H2,(H3,35,36,37). The molecule has 0 bridgehead atoms. The zero-order chi connectivity index (χ0) is 30.0. The van der Waals surface area contributed by atoms with Gasteiger partial charge in [0, 0.05) is 38.0 Å². The Hall–Kier alpha value is -4.61. The van der Waals surface area contributed by atoms with E-state index >= 15 is 0 Å². The van der Waals surface area contributed by atoms with E-state index in [1.807, 2.05) is 4.68 Å². The van der Waals surface area contributed by atoms with Crippen LogP contribution in [0.2, 0.25) is 0 Å². The molecule has 0 radical (unpaired) electrons. The highest BCUT2D eigenvalue weighted by atomic mass is 19.4. The lowest BCUT2D eigenvalue weighted by atomic mass is 9.80. The summed E-state index contributed by atoms with van der Waals surface area (Å²) in [6, 6.07) is 9.95. The molecule has 7 rings (SSSR count). The molecule has 1 fully saturated rings. The van der Waals surface area contributed by atoms with E-state index in [1.54, 1.807) is 9.80 Å². The molecular formula is C31H30F3N7O2. The number of aromatic nitrogens is 4. The largest absolute Gasteiger partial charge is 0.418 e. The van der Waals surface area contributed by atoms with Gasteiger partial charge in [0.05, 0.1) is 45.1 Å². The maximum absolute atomic E-state index is 14.2. The number of carbonyl (C=O) groups excluding carboxylic acids is 2. The third kappa shape index (κ3) is 4.38. The maximum atomic E-state index is 14.2. The molecule has 222 valence electrons. The highest BCUT2D eigenvalue weighted by molar-refractivity contribution is 6.11. The number of benzene rings is 2. The minimum atomic E-state index is -4.66. The van der Waals surface area contributed by atoms with Crippen molar-refractivity contribution in [3.8, 4) is 5.69 Å². The second kappa shape index (κ2) is 9.99. The zero-order valence-corrected chi connectivity index (χ0v) is 23.3. The monoisotopic (exact) mass is 589 g/mol. The minimum absolute atomic E-state index is 0.0177. The number of halogens is 3. The van der Waals surface area contributed by atoms with Crippen LogP contribution in [0.1, 0.15) is 69.7 Å². The van der Waals surface area contributed by atoms with Gasteiger partial charge in [0.15, 0.2) is 5.82 Å². The van der Waals surface area contributed by atoms with Crippen molar-refractivity contribution in [2.45, 2.75) is 50.2 Å². The van der Waals surface area contributed by atoms with Gasteiger partial charge in [0.25, 0.3) is 5.91 Å². The van der Waals surface area contributed by atoms with Crippen LogP contribution in [0.25, 0.3) is 16.6 Å². The number of fused-ring (bicyclic) bond motifs is 1. The van der Waals surface area contributed by atoms with Crippen molar-refractivity contribution >= 4 is 28.5 Å². The molecule has 4 heterocycles. The number of amides is 2. The number of carbonyl (C=O) groups is 2. The van der Waals surface area contributed by atoms with Crippen LogP contribution >= 0.6 is 0 Å². The molecule has 0 saturated heterocycles. The molecule has 2 aromatic heterocycles. The van der Waals surface area contributed by atoms with E-state index in [0.717, 1.165) is 34.8 Å². The van der Waals surface area contributed by atoms with Crippen LogP contribution in [-0.2, 0) is 23.8 Å². The average Bonchev–Trinajstić information content (AvgIpc) is 3.47. The van der Waals surface area contributed by atoms with Crippen molar-refractivity contribution < 1.29 is 22.8 Å². The number of hydrogen-bond donors (Lipinski definition) is 2. The number of nitrogens with zero attached hydrogens (tertiary/aromatic N) is 5. The Kier molecular flexibility index (Phi) is 6.33. The van der Waals surface area contributed by atoms with E-state index in [-0.39, 0.29) is 41.3 Å². The third-order valence-corrected chi connectivity index (χ3v) is 9.16. The summed E-state index contributed by atoms with van der Waals surface area (Å²) in [4.78, 5) is 30.2. The molecule has 9 nitrogen and oxygen atoms in total. The van der Waals surface area contributed by atoms with Crippen LogP contribution in [0, 0.1) is 0 Å². The normalized spacial score (nSPS) is 18.7. The molecule has 2 aromatic carbocycles. The van der Waals surface area contributed by atoms with E-state index in [9.17, 15) is 22.8 Å². The summed E-state index contributed by atoms with van der Waals surface area (Å²) < 4.78 is 43.1. The van der Waals surface area contributed by atoms with Gasteiger partial charge in [-0.2, -0.15) is 23.4 Å². The van der Waals surface area contributed by atoms with Crippen LogP contribution in [0.5, 0.6) is 0 Å². The SMILES string of the molecule is C=CC(=O)N1CCc2nn(-c3ccc(C4CCC4)cc3)c3c2C(C1)N(C(=O)c1ccc(C(F)(F)F)c2[nH]nc(N)c12)CC3. The molecule has 1 atom stereocenters. The van der Waals surface area contributed by atoms with Gasteiger partial charge in [0.1, 0.15) is 0 Å². The third-order valence-electron chi connectivity index (χ3n) is 9.16. The van der Waals surface area contributed by atoms with Gasteiger partial charge in [-0.1, -0.05) is 25.1 Å². The molecule has 12 heteroatoms. The maximum Gasteiger partial charge on any atom is 0.418 e. The molecule has 1 aliphatic carbocycles. The van der Waals surface area contributed by atoms with Gasteiger partial charge in [0.2, 0.25) is 5.91 Å². The van der Waals surface area contributed by atoms with E-state index in [4.69, 9.17) is 10.8 Å². The molecule has 3 N–H and O–H groups in total. The topological polar surface area (TPSA) is 113 Å². The van der Waals surface area contributed by atoms with Crippen LogP contribution in [0.4, 0.5) is 19.0 Å². The van der Waals surface area contributed by atoms with Gasteiger partial charge in [-0.3, -0.25) is 14.7 Å². The van der Waals surface area contributed by atoms with E-state index in [1.165, 1.54) is 30.9 Å². The second-order valence-corrected chi connectivity index (χ2v) is 11.5. The van der Waals surface area contributed by atoms with Crippen LogP contribution in [0.3, 0.4) is 0 Å². The highest BCUT2D eigenvalue weighted by Gasteiger charge is 2.41. The predicted octanol–water partition coefficient (Wildman–Crippen LogP) is 4.93. The molecule has 1 unspecified atom stereocenters. The number of alkyl halides is 3. The Bertz CT molecular complexity index is 1770. The summed E-state index contributed by atoms with van der Waals surface area (Å²) in [6.45, 7) is 4.50. The summed E-state index contributed by atoms with van der Waals surface area (Å²) in [5.74, 6) is -0.329. The first-order chi connectivity index (χ1) is 20.7. The number of nitrogen functional groups attached to an aromatic ring is 1. The number of nitrogens with one attached hydrogen (secondary N) is 1. The zero-order valence-electron chi connectivity index (χ0n) is 23.3. The fraction of sp³-hybridized carbons (Fsp3) is 0.355. The lowest BCUT2D eigenvalue weighted by molar-refractivity contribution is -0.136. The molecule has 4 aromatic rings. The van der Waals surface area contributed by atoms with Crippen LogP contribution in [-0.4, -0.2) is 61.2 Å². The fourth-order valence-electron chi connectivity index (χ4n) is 6.74. The number of aromatic amines is 1. The van der Waals surface area contributed by atoms with Crippen LogP contribution in [0.15, 0.2) is 49.1 Å². The molecule has 2 amide bonds. The molecule has 1 saturated carbocycles. The van der Waals surface area contributed by atoms with Crippen molar-refractivity contribution in [3.05, 3.63) is 82.7 Å². The van der Waals surface area contributed by atoms with E-state index in [0.29, 0.717) is 25.3 Å². The molecular weight excluding hydrogens is 559 g/mol. The molecule has 3 aliphatic rings. The van der Waals surface area contributed by atoms with Crippen molar-refractivity contribution in [3.63, 3.8) is 0 Å². The minimum Gasteiger partial charge on any atom is -0.382 e. The van der Waals surface area contributed by atoms with E-state index < -0.39 is 23.7 Å². The Morgan fingerprint density at radius 1 is 1.07 bits per heavy atom. The van der Waals surface area contributed by atoms with Gasteiger partial charge in [-0.15, -0.1) is 0 Å². The summed E-state index contributed by atoms with van der Waals surface area (Å²) in [5.41, 5.74) is 9.62. The van der Waals surface area contributed by atoms with Gasteiger partial charge in [-0.05, 0) is 54.7 Å². The highest BCUT2D eigenvalue weighted by Crippen LogP contribution is 2.41. The van der Waals surface area contributed by atoms with Gasteiger partial charge < -0.3 is 15.5 Å². The first kappa shape index (κ1) is 27.2. The number of nitrogens with two attached hydrogens (primary N) is 1. The number of hydrogen-bond acceptors (Lipinski definition) is 5. The lowest BCUT2D eigenvalue weighted by Gasteiger charge is -2.38. The quantitative estimate of drug-likeness (QED) is 0.328. The predicted molar refractivity (Wildman–Crippen MR) is 154 cm³/mol. The number of anilines is 1. The first-order valence-electron chi connectivity index (χ1n) is 14.4. The first-order valence-corrected chi connectivity index (χ1v) is 14.4. The van der Waals surface area contributed by atoms with Crippen molar-refractivity contribution in [1.82, 2.24) is 29.8 Å². The Morgan fingerprint density at radius 2 is 1.84 bits per heavy atom. The summed E-state index contributed by atoms with van der Waals surface area (Å²) >= 11 is 0. The van der Waals surface area contributed by atoms with Gasteiger partial charge in [-0.25, -0.2) is 4.68 Å². The van der Waals surface area contributed by atoms with Crippen molar-refractivity contribution in [1.29, 1.82) is 0 Å². The summed E-state index contributed by atoms with van der Waals surface area (Å²) in [7, 11) is 0. The van der Waals surface area contributed by atoms with Crippen LogP contribution < -0.4 is 5.73 Å². The smallest absolute Gasteiger partial charge is 0.382 e. The Labute approximate surface area is 245 Å². The van der Waals surface area contributed by atoms with Gasteiger partial charge >= 0.3 is 6.18 Å². The summed E-state index contributed by atoms with van der Waals surface area (Å²) in [6.07, 6.45) is 1.24. The molecule has 0 spiro atoms. The second-order valence-electron chi connectivity index (χ2n) is 11.5. The lowest BCUT2D eigenvalue weighted by Crippen LogP contribution is -2.46. The van der Waals surface area contributed by atoms with E-state index in [2.05, 4.69) is 41.0 Å². The molecule has 2 aliphatic heterocycles.